The summed E-state index contributed by atoms with van der Waals surface area (Å²) in [5, 5.41) is 33.2. The van der Waals surface area contributed by atoms with Gasteiger partial charge < -0.3 is 31.1 Å². The van der Waals surface area contributed by atoms with Crippen LogP contribution in [0.15, 0.2) is 24.3 Å². The first-order chi connectivity index (χ1) is 15.5. The summed E-state index contributed by atoms with van der Waals surface area (Å²) in [6.45, 7) is 2.42. The predicted octanol–water partition coefficient (Wildman–Crippen LogP) is 4.57. The molecule has 0 aromatic heterocycles. The van der Waals surface area contributed by atoms with Crippen LogP contribution in [0.2, 0.25) is 10.0 Å². The van der Waals surface area contributed by atoms with Gasteiger partial charge in [-0.3, -0.25) is 0 Å². The van der Waals surface area contributed by atoms with E-state index in [2.05, 4.69) is 5.32 Å². The lowest BCUT2D eigenvalue weighted by Gasteiger charge is -2.14. The Labute approximate surface area is 200 Å². The van der Waals surface area contributed by atoms with Crippen molar-refractivity contribution in [3.63, 3.8) is 0 Å². The topological polar surface area (TPSA) is 108 Å². The van der Waals surface area contributed by atoms with Crippen molar-refractivity contribution >= 4 is 28.9 Å². The third-order valence-electron chi connectivity index (χ3n) is 5.42. The number of nitrogens with two attached hydrogens (primary N) is 1. The minimum atomic E-state index is -0.252. The normalized spacial score (nSPS) is 11.2. The highest BCUT2D eigenvalue weighted by Crippen LogP contribution is 2.29. The van der Waals surface area contributed by atoms with E-state index >= 15 is 0 Å². The Kier molecular flexibility index (Phi) is 12.2. The molecule has 0 radical (unpaired) electrons. The van der Waals surface area contributed by atoms with Crippen LogP contribution in [0.5, 0.6) is 5.75 Å². The zero-order chi connectivity index (χ0) is 23.3. The van der Waals surface area contributed by atoms with E-state index < -0.39 is 0 Å². The Morgan fingerprint density at radius 1 is 0.875 bits per heavy atom. The number of hydrogen-bond donors (Lipinski definition) is 5. The van der Waals surface area contributed by atoms with Crippen LogP contribution in [0.25, 0.3) is 0 Å². The van der Waals surface area contributed by atoms with Gasteiger partial charge in [-0.2, -0.15) is 0 Å². The Morgan fingerprint density at radius 3 is 2.25 bits per heavy atom. The second kappa shape index (κ2) is 14.6. The average Bonchev–Trinajstić information content (AvgIpc) is 2.78. The van der Waals surface area contributed by atoms with E-state index in [0.29, 0.717) is 34.4 Å². The van der Waals surface area contributed by atoms with Crippen molar-refractivity contribution in [2.24, 2.45) is 0 Å². The maximum absolute atomic E-state index is 9.88. The van der Waals surface area contributed by atoms with E-state index in [4.69, 9.17) is 33.7 Å². The lowest BCUT2D eigenvalue weighted by Crippen LogP contribution is -2.17. The number of unbranched alkanes of at least 4 members (excludes halogenated alkanes) is 3. The fourth-order valence-electron chi connectivity index (χ4n) is 3.56. The quantitative estimate of drug-likeness (QED) is 0.187. The Hall–Kier alpha value is -1.54. The standard InChI is InChI=1S/C24H34Cl2N2O4/c25-21-12-17(13-22(26)24(21)27)6-5-11-32-10-4-2-1-3-9-28-14-19-18(15-29)7-8-23(31)20(19)16-30/h7-8,12-13,28-31H,1-6,9-11,14-16,27H2. The summed E-state index contributed by atoms with van der Waals surface area (Å²) in [6, 6.07) is 6.90. The number of benzene rings is 2. The molecule has 0 bridgehead atoms. The van der Waals surface area contributed by atoms with Crippen molar-refractivity contribution < 1.29 is 20.1 Å². The van der Waals surface area contributed by atoms with E-state index in [1.54, 1.807) is 6.07 Å². The third kappa shape index (κ3) is 8.43. The Bertz CT molecular complexity index is 826. The number of aliphatic hydroxyl groups is 2. The highest BCUT2D eigenvalue weighted by atomic mass is 35.5. The Balaban J connectivity index is 1.51. The van der Waals surface area contributed by atoms with Crippen LogP contribution in [-0.4, -0.2) is 35.1 Å². The van der Waals surface area contributed by atoms with Crippen LogP contribution in [0.3, 0.4) is 0 Å². The monoisotopic (exact) mass is 484 g/mol. The van der Waals surface area contributed by atoms with Crippen molar-refractivity contribution in [1.29, 1.82) is 0 Å². The van der Waals surface area contributed by atoms with Gasteiger partial charge in [-0.05, 0) is 67.1 Å². The molecule has 2 rings (SSSR count). The molecular formula is C24H34Cl2N2O4. The molecule has 0 saturated heterocycles. The van der Waals surface area contributed by atoms with Crippen molar-refractivity contribution in [3.05, 3.63) is 56.6 Å². The maximum atomic E-state index is 9.88. The molecule has 8 heteroatoms. The molecule has 0 saturated carbocycles. The molecule has 0 spiro atoms. The highest BCUT2D eigenvalue weighted by Gasteiger charge is 2.11. The summed E-state index contributed by atoms with van der Waals surface area (Å²) in [4.78, 5) is 0. The van der Waals surface area contributed by atoms with Crippen molar-refractivity contribution in [2.45, 2.75) is 58.3 Å². The lowest BCUT2D eigenvalue weighted by molar-refractivity contribution is 0.127. The first-order valence-electron chi connectivity index (χ1n) is 11.0. The molecule has 6 nitrogen and oxygen atoms in total. The molecule has 178 valence electrons. The zero-order valence-electron chi connectivity index (χ0n) is 18.4. The van der Waals surface area contributed by atoms with Crippen molar-refractivity contribution in [1.82, 2.24) is 5.32 Å². The number of nitrogen functional groups attached to an aromatic ring is 1. The van der Waals surface area contributed by atoms with Crippen LogP contribution >= 0.6 is 23.2 Å². The van der Waals surface area contributed by atoms with Gasteiger partial charge >= 0.3 is 0 Å². The van der Waals surface area contributed by atoms with E-state index in [-0.39, 0.29) is 19.0 Å². The number of ether oxygens (including phenoxy) is 1. The predicted molar refractivity (Wildman–Crippen MR) is 130 cm³/mol. The van der Waals surface area contributed by atoms with E-state index in [0.717, 1.165) is 68.4 Å². The number of aliphatic hydroxyl groups excluding tert-OH is 2. The SMILES string of the molecule is Nc1c(Cl)cc(CCCOCCCCCCNCc2c(CO)ccc(O)c2CO)cc1Cl. The number of phenols is 1. The number of hydrogen-bond acceptors (Lipinski definition) is 6. The van der Waals surface area contributed by atoms with Crippen LogP contribution in [0, 0.1) is 0 Å². The smallest absolute Gasteiger partial charge is 0.121 e. The number of nitrogens with one attached hydrogen (secondary N) is 1. The Morgan fingerprint density at radius 2 is 1.56 bits per heavy atom. The number of halogens is 2. The van der Waals surface area contributed by atoms with Crippen LogP contribution < -0.4 is 11.1 Å². The summed E-state index contributed by atoms with van der Waals surface area (Å²) < 4.78 is 5.71. The van der Waals surface area contributed by atoms with Crippen LogP contribution in [0.1, 0.15) is 54.4 Å². The first-order valence-corrected chi connectivity index (χ1v) is 11.8. The van der Waals surface area contributed by atoms with Gasteiger partial charge in [-0.1, -0.05) is 42.1 Å². The fraction of sp³-hybridized carbons (Fsp3) is 0.500. The van der Waals surface area contributed by atoms with Gasteiger partial charge in [-0.15, -0.1) is 0 Å². The largest absolute Gasteiger partial charge is 0.508 e. The summed E-state index contributed by atoms with van der Waals surface area (Å²) in [5.74, 6) is 0.0579. The van der Waals surface area contributed by atoms with Crippen LogP contribution in [0.4, 0.5) is 5.69 Å². The zero-order valence-corrected chi connectivity index (χ0v) is 19.9. The minimum Gasteiger partial charge on any atom is -0.508 e. The second-order valence-corrected chi connectivity index (χ2v) is 8.61. The van der Waals surface area contributed by atoms with Gasteiger partial charge in [-0.25, -0.2) is 0 Å². The van der Waals surface area contributed by atoms with Gasteiger partial charge in [0.2, 0.25) is 0 Å². The molecule has 0 aliphatic heterocycles. The molecule has 0 amide bonds. The molecular weight excluding hydrogens is 451 g/mol. The van der Waals surface area contributed by atoms with Crippen LogP contribution in [-0.2, 0) is 30.9 Å². The molecule has 2 aromatic carbocycles. The fourth-order valence-corrected chi connectivity index (χ4v) is 4.09. The van der Waals surface area contributed by atoms with Gasteiger partial charge in [0.15, 0.2) is 0 Å². The van der Waals surface area contributed by atoms with Crippen molar-refractivity contribution in [3.8, 4) is 5.75 Å². The summed E-state index contributed by atoms with van der Waals surface area (Å²) in [6.07, 6.45) is 6.00. The molecule has 0 heterocycles. The summed E-state index contributed by atoms with van der Waals surface area (Å²) in [7, 11) is 0. The van der Waals surface area contributed by atoms with E-state index in [9.17, 15) is 15.3 Å². The van der Waals surface area contributed by atoms with Gasteiger partial charge in [0, 0.05) is 25.3 Å². The first kappa shape index (κ1) is 26.7. The molecule has 0 aliphatic rings. The second-order valence-electron chi connectivity index (χ2n) is 7.80. The van der Waals surface area contributed by atoms with Crippen molar-refractivity contribution in [2.75, 3.05) is 25.5 Å². The van der Waals surface area contributed by atoms with E-state index in [1.807, 2.05) is 12.1 Å². The molecule has 0 unspecified atom stereocenters. The summed E-state index contributed by atoms with van der Waals surface area (Å²) in [5.41, 5.74) is 9.20. The molecule has 32 heavy (non-hydrogen) atoms. The lowest BCUT2D eigenvalue weighted by atomic mass is 10.0. The van der Waals surface area contributed by atoms with Gasteiger partial charge in [0.1, 0.15) is 5.75 Å². The molecule has 2 aromatic rings. The molecule has 0 atom stereocenters. The van der Waals surface area contributed by atoms with Gasteiger partial charge in [0.05, 0.1) is 28.9 Å². The number of anilines is 1. The highest BCUT2D eigenvalue weighted by molar-refractivity contribution is 6.38. The minimum absolute atomic E-state index is 0.0579. The maximum Gasteiger partial charge on any atom is 0.121 e. The third-order valence-corrected chi connectivity index (χ3v) is 6.04. The number of aryl methyl sites for hydroxylation is 1. The molecule has 0 aliphatic carbocycles. The van der Waals surface area contributed by atoms with E-state index in [1.165, 1.54) is 6.07 Å². The number of rotatable bonds is 15. The van der Waals surface area contributed by atoms with Gasteiger partial charge in [0.25, 0.3) is 0 Å². The number of aromatic hydroxyl groups is 1. The molecule has 0 fully saturated rings. The average molecular weight is 485 g/mol. The molecule has 6 N–H and O–H groups in total. The summed E-state index contributed by atoms with van der Waals surface area (Å²) >= 11 is 12.1.